The second kappa shape index (κ2) is 5.67. The fourth-order valence-corrected chi connectivity index (χ4v) is 2.82. The van der Waals surface area contributed by atoms with E-state index in [2.05, 4.69) is 38.1 Å². The van der Waals surface area contributed by atoms with E-state index in [1.54, 1.807) is 17.5 Å². The highest BCUT2D eigenvalue weighted by molar-refractivity contribution is 9.10. The maximum absolute atomic E-state index is 5.82. The Balaban J connectivity index is 2.26. The van der Waals surface area contributed by atoms with Gasteiger partial charge in [0.2, 0.25) is 0 Å². The summed E-state index contributed by atoms with van der Waals surface area (Å²) in [6.45, 7) is 4.09. The molecular weight excluding hydrogens is 312 g/mol. The predicted octanol–water partition coefficient (Wildman–Crippen LogP) is 3.75. The summed E-state index contributed by atoms with van der Waals surface area (Å²) >= 11 is 5.18. The van der Waals surface area contributed by atoms with Gasteiger partial charge in [-0.05, 0) is 34.8 Å². The molecule has 3 N–H and O–H groups in total. The predicted molar refractivity (Wildman–Crippen MR) is 79.9 cm³/mol. The molecule has 0 bridgehead atoms. The van der Waals surface area contributed by atoms with E-state index in [1.165, 1.54) is 0 Å². The van der Waals surface area contributed by atoms with Crippen molar-refractivity contribution in [2.75, 3.05) is 11.1 Å². The molecule has 0 aromatic carbocycles. The van der Waals surface area contributed by atoms with Gasteiger partial charge in [-0.25, -0.2) is 9.97 Å². The van der Waals surface area contributed by atoms with Gasteiger partial charge >= 0.3 is 0 Å². The Morgan fingerprint density at radius 1 is 1.50 bits per heavy atom. The smallest absolute Gasteiger partial charge is 0.141 e. The Hall–Kier alpha value is -1.14. The molecule has 1 atom stereocenters. The molecule has 0 radical (unpaired) electrons. The molecular formula is C12H15BrN4S. The molecule has 0 fully saturated rings. The van der Waals surface area contributed by atoms with Crippen molar-refractivity contribution in [2.45, 2.75) is 26.3 Å². The molecule has 0 aliphatic heterocycles. The molecule has 0 saturated carbocycles. The Morgan fingerprint density at radius 3 is 2.89 bits per heavy atom. The largest absolute Gasteiger partial charge is 0.397 e. The number of nitrogens with zero attached hydrogens (tertiary/aromatic N) is 2. The third-order valence-corrected chi connectivity index (χ3v) is 4.63. The summed E-state index contributed by atoms with van der Waals surface area (Å²) in [4.78, 5) is 8.67. The van der Waals surface area contributed by atoms with Gasteiger partial charge in [0.15, 0.2) is 0 Å². The van der Waals surface area contributed by atoms with Crippen LogP contribution in [0.5, 0.6) is 0 Å². The van der Waals surface area contributed by atoms with Gasteiger partial charge in [0.1, 0.15) is 10.8 Å². The van der Waals surface area contributed by atoms with Crippen LogP contribution in [0.4, 0.5) is 11.5 Å². The summed E-state index contributed by atoms with van der Waals surface area (Å²) in [7, 11) is 0. The third kappa shape index (κ3) is 2.64. The van der Waals surface area contributed by atoms with Crippen molar-refractivity contribution in [3.8, 4) is 0 Å². The topological polar surface area (TPSA) is 63.8 Å². The standard InChI is InChI=1S/C12H15BrN4S/c1-3-9(12-15-4-5-18-12)17-11-10(13)7(2)8(14)6-16-11/h4-6,9H,3,14H2,1-2H3,(H,16,17). The van der Waals surface area contributed by atoms with Gasteiger partial charge in [-0.2, -0.15) is 0 Å². The van der Waals surface area contributed by atoms with Crippen molar-refractivity contribution in [1.82, 2.24) is 9.97 Å². The highest BCUT2D eigenvalue weighted by Crippen LogP contribution is 2.31. The first-order chi connectivity index (χ1) is 8.63. The lowest BCUT2D eigenvalue weighted by Crippen LogP contribution is -2.11. The number of pyridine rings is 1. The number of thiazole rings is 1. The molecule has 0 amide bonds. The SMILES string of the molecule is CCC(Nc1ncc(N)c(C)c1Br)c1nccs1. The molecule has 18 heavy (non-hydrogen) atoms. The number of hydrogen-bond donors (Lipinski definition) is 2. The summed E-state index contributed by atoms with van der Waals surface area (Å²) in [5.74, 6) is 0.809. The fraction of sp³-hybridized carbons (Fsp3) is 0.333. The van der Waals surface area contributed by atoms with E-state index in [9.17, 15) is 0 Å². The monoisotopic (exact) mass is 326 g/mol. The van der Waals surface area contributed by atoms with Crippen molar-refractivity contribution in [1.29, 1.82) is 0 Å². The molecule has 2 heterocycles. The van der Waals surface area contributed by atoms with Gasteiger partial charge in [-0.1, -0.05) is 6.92 Å². The number of nitrogen functional groups attached to an aromatic ring is 1. The number of halogens is 1. The van der Waals surface area contributed by atoms with Crippen LogP contribution in [0.3, 0.4) is 0 Å². The van der Waals surface area contributed by atoms with Crippen molar-refractivity contribution < 1.29 is 0 Å². The van der Waals surface area contributed by atoms with E-state index in [4.69, 9.17) is 5.73 Å². The normalized spacial score (nSPS) is 12.4. The minimum absolute atomic E-state index is 0.178. The molecule has 0 spiro atoms. The quantitative estimate of drug-likeness (QED) is 0.897. The summed E-state index contributed by atoms with van der Waals surface area (Å²) in [5.41, 5.74) is 7.51. The Kier molecular flexibility index (Phi) is 4.19. The second-order valence-corrected chi connectivity index (χ2v) is 5.70. The molecule has 2 rings (SSSR count). The molecule has 1 unspecified atom stereocenters. The molecule has 2 aromatic rings. The number of nitrogens with two attached hydrogens (primary N) is 1. The maximum atomic E-state index is 5.82. The van der Waals surface area contributed by atoms with Crippen molar-refractivity contribution in [2.24, 2.45) is 0 Å². The van der Waals surface area contributed by atoms with E-state index in [0.717, 1.165) is 27.3 Å². The summed E-state index contributed by atoms with van der Waals surface area (Å²) in [6.07, 6.45) is 4.45. The number of rotatable bonds is 4. The molecule has 0 saturated heterocycles. The molecule has 0 aliphatic carbocycles. The Bertz CT molecular complexity index is 527. The molecule has 0 aliphatic rings. The van der Waals surface area contributed by atoms with E-state index >= 15 is 0 Å². The van der Waals surface area contributed by atoms with Crippen LogP contribution >= 0.6 is 27.3 Å². The van der Waals surface area contributed by atoms with E-state index in [0.29, 0.717) is 5.69 Å². The molecule has 4 nitrogen and oxygen atoms in total. The van der Waals surface area contributed by atoms with Gasteiger partial charge in [0.25, 0.3) is 0 Å². The summed E-state index contributed by atoms with van der Waals surface area (Å²) in [6, 6.07) is 0.178. The highest BCUT2D eigenvalue weighted by atomic mass is 79.9. The average molecular weight is 327 g/mol. The maximum Gasteiger partial charge on any atom is 0.141 e. The lowest BCUT2D eigenvalue weighted by Gasteiger charge is -2.17. The van der Waals surface area contributed by atoms with Gasteiger partial charge in [0, 0.05) is 11.6 Å². The molecule has 6 heteroatoms. The van der Waals surface area contributed by atoms with Gasteiger partial charge < -0.3 is 11.1 Å². The van der Waals surface area contributed by atoms with Crippen LogP contribution in [-0.4, -0.2) is 9.97 Å². The first-order valence-corrected chi connectivity index (χ1v) is 7.37. The van der Waals surface area contributed by atoms with Crippen LogP contribution in [0.2, 0.25) is 0 Å². The summed E-state index contributed by atoms with van der Waals surface area (Å²) in [5, 5.41) is 6.45. The zero-order valence-electron chi connectivity index (χ0n) is 10.3. The lowest BCUT2D eigenvalue weighted by molar-refractivity contribution is 0.736. The first-order valence-electron chi connectivity index (χ1n) is 5.70. The fourth-order valence-electron chi connectivity index (χ4n) is 1.60. The van der Waals surface area contributed by atoms with Gasteiger partial charge in [-0.3, -0.25) is 0 Å². The van der Waals surface area contributed by atoms with E-state index < -0.39 is 0 Å². The minimum Gasteiger partial charge on any atom is -0.397 e. The van der Waals surface area contributed by atoms with Gasteiger partial charge in [0.05, 0.1) is 22.4 Å². The van der Waals surface area contributed by atoms with Crippen molar-refractivity contribution in [3.05, 3.63) is 32.8 Å². The highest BCUT2D eigenvalue weighted by Gasteiger charge is 2.15. The summed E-state index contributed by atoms with van der Waals surface area (Å²) < 4.78 is 0.914. The van der Waals surface area contributed by atoms with Gasteiger partial charge in [-0.15, -0.1) is 11.3 Å². The van der Waals surface area contributed by atoms with Crippen molar-refractivity contribution in [3.63, 3.8) is 0 Å². The van der Waals surface area contributed by atoms with E-state index in [-0.39, 0.29) is 6.04 Å². The number of nitrogens with one attached hydrogen (secondary N) is 1. The lowest BCUT2D eigenvalue weighted by atomic mass is 10.2. The number of aromatic nitrogens is 2. The second-order valence-electron chi connectivity index (χ2n) is 3.98. The van der Waals surface area contributed by atoms with Crippen LogP contribution < -0.4 is 11.1 Å². The molecule has 2 aromatic heterocycles. The zero-order chi connectivity index (χ0) is 13.1. The van der Waals surface area contributed by atoms with Crippen LogP contribution in [0.25, 0.3) is 0 Å². The van der Waals surface area contributed by atoms with Crippen molar-refractivity contribution >= 4 is 38.8 Å². The van der Waals surface area contributed by atoms with E-state index in [1.807, 2.05) is 18.5 Å². The number of anilines is 2. The molecule has 96 valence electrons. The zero-order valence-corrected chi connectivity index (χ0v) is 12.7. The van der Waals surface area contributed by atoms with Crippen LogP contribution in [0.15, 0.2) is 22.2 Å². The minimum atomic E-state index is 0.178. The van der Waals surface area contributed by atoms with Crippen LogP contribution in [0.1, 0.15) is 30.0 Å². The van der Waals surface area contributed by atoms with Crippen LogP contribution in [0, 0.1) is 6.92 Å². The Labute approximate surface area is 119 Å². The number of hydrogen-bond acceptors (Lipinski definition) is 5. The average Bonchev–Trinajstić information content (AvgIpc) is 2.89. The Morgan fingerprint density at radius 2 is 2.28 bits per heavy atom. The first kappa shape index (κ1) is 13.3. The van der Waals surface area contributed by atoms with Crippen LogP contribution in [-0.2, 0) is 0 Å². The third-order valence-electron chi connectivity index (χ3n) is 2.77.